The molecule has 4 atom stereocenters. The maximum Gasteiger partial charge on any atom is 0.320 e. The van der Waals surface area contributed by atoms with Gasteiger partial charge in [0.2, 0.25) is 0 Å². The maximum absolute atomic E-state index is 10.2. The third-order valence-corrected chi connectivity index (χ3v) is 3.07. The first-order valence-electron chi connectivity index (χ1n) is 9.37. The summed E-state index contributed by atoms with van der Waals surface area (Å²) in [4.78, 5) is 43.1. The van der Waals surface area contributed by atoms with E-state index in [4.69, 9.17) is 54.8 Å². The van der Waals surface area contributed by atoms with Crippen LogP contribution in [0.4, 0.5) is 0 Å². The van der Waals surface area contributed by atoms with Crippen LogP contribution in [-0.2, 0) is 19.2 Å². The Labute approximate surface area is 186 Å². The smallest absolute Gasteiger partial charge is 0.320 e. The minimum Gasteiger partial charge on any atom is -0.480 e. The lowest BCUT2D eigenvalue weighted by Crippen LogP contribution is -2.34. The van der Waals surface area contributed by atoms with Crippen molar-refractivity contribution in [1.29, 1.82) is 0 Å². The van der Waals surface area contributed by atoms with Crippen molar-refractivity contribution >= 4 is 29.8 Å². The summed E-state index contributed by atoms with van der Waals surface area (Å²) in [6.07, 6.45) is 0.956. The molecule has 15 heteroatoms. The van der Waals surface area contributed by atoms with Gasteiger partial charge >= 0.3 is 23.9 Å². The molecular weight excluding hydrogens is 430 g/mol. The summed E-state index contributed by atoms with van der Waals surface area (Å²) in [5.41, 5.74) is 30.2. The number of carboxylic acids is 4. The van der Waals surface area contributed by atoms with Gasteiger partial charge in [0.1, 0.15) is 24.2 Å². The fourth-order valence-electron chi connectivity index (χ4n) is 0.928. The second kappa shape index (κ2) is 21.2. The van der Waals surface area contributed by atoms with E-state index in [9.17, 15) is 19.2 Å². The van der Waals surface area contributed by atoms with Crippen molar-refractivity contribution in [2.45, 2.75) is 64.7 Å². The normalized spacial score (nSPS) is 13.2. The summed E-state index contributed by atoms with van der Waals surface area (Å²) in [6, 6.07) is -3.00. The number of nitrogens with zero attached hydrogens (tertiary/aromatic N) is 1. The quantitative estimate of drug-likeness (QED) is 0.0935. The second-order valence-electron chi connectivity index (χ2n) is 6.76. The largest absolute Gasteiger partial charge is 0.480 e. The van der Waals surface area contributed by atoms with E-state index >= 15 is 0 Å². The van der Waals surface area contributed by atoms with Crippen LogP contribution in [0.3, 0.4) is 0 Å². The fraction of sp³-hybridized carbons (Fsp3) is 0.706. The standard InChI is InChI=1S/C6H14N4O2.C5H11NO2.2C3H7NO2/c7-4(5(11)12)2-1-3-10-6(8)9;1-3(2)4(6)5(7)8;2*1-2(4)3(5)6/h4H,1-3,7H2,(H,11,12)(H4,8,9,10);3-4H,6H2,1-2H3,(H,7,8);2*2H,4H2,1H3,(H,5,6)/t2*4-;2*2-/m0000/s1. The Kier molecular flexibility index (Phi) is 24.1. The summed E-state index contributed by atoms with van der Waals surface area (Å²) < 4.78 is 0. The van der Waals surface area contributed by atoms with E-state index in [1.165, 1.54) is 13.8 Å². The van der Waals surface area contributed by atoms with Gasteiger partial charge in [-0.15, -0.1) is 0 Å². The van der Waals surface area contributed by atoms with E-state index in [2.05, 4.69) is 4.99 Å². The van der Waals surface area contributed by atoms with E-state index in [0.29, 0.717) is 19.4 Å². The molecule has 15 nitrogen and oxygen atoms in total. The van der Waals surface area contributed by atoms with Crippen molar-refractivity contribution in [2.24, 2.45) is 45.3 Å². The highest BCUT2D eigenvalue weighted by molar-refractivity contribution is 5.75. The second-order valence-corrected chi connectivity index (χ2v) is 6.76. The van der Waals surface area contributed by atoms with Gasteiger partial charge in [-0.2, -0.15) is 0 Å². The van der Waals surface area contributed by atoms with Crippen molar-refractivity contribution in [3.63, 3.8) is 0 Å². The molecule has 0 saturated carbocycles. The van der Waals surface area contributed by atoms with Crippen LogP contribution in [0, 0.1) is 5.92 Å². The van der Waals surface area contributed by atoms with Crippen LogP contribution in [0.5, 0.6) is 0 Å². The number of rotatable bonds is 9. The Hall–Kier alpha value is -3.01. The molecule has 0 aliphatic heterocycles. The molecule has 0 saturated heterocycles. The molecule has 0 heterocycles. The minimum atomic E-state index is -1.00. The average molecular weight is 470 g/mol. The van der Waals surface area contributed by atoms with Crippen LogP contribution in [0.1, 0.15) is 40.5 Å². The molecule has 0 aliphatic carbocycles. The van der Waals surface area contributed by atoms with Gasteiger partial charge in [0.15, 0.2) is 5.96 Å². The van der Waals surface area contributed by atoms with E-state index < -0.39 is 48.0 Å². The van der Waals surface area contributed by atoms with Crippen molar-refractivity contribution < 1.29 is 39.6 Å². The van der Waals surface area contributed by atoms with Gasteiger partial charge in [0, 0.05) is 6.54 Å². The molecule has 190 valence electrons. The average Bonchev–Trinajstić information content (AvgIpc) is 2.65. The summed E-state index contributed by atoms with van der Waals surface area (Å²) in [5, 5.41) is 32.3. The highest BCUT2D eigenvalue weighted by Crippen LogP contribution is 1.96. The van der Waals surface area contributed by atoms with E-state index in [1.54, 1.807) is 13.8 Å². The zero-order valence-corrected chi connectivity index (χ0v) is 18.8. The number of guanidine groups is 1. The van der Waals surface area contributed by atoms with Crippen LogP contribution >= 0.6 is 0 Å². The number of carbonyl (C=O) groups is 4. The lowest BCUT2D eigenvalue weighted by Gasteiger charge is -2.07. The Bertz CT molecular complexity index is 561. The summed E-state index contributed by atoms with van der Waals surface area (Å²) in [5.74, 6) is -3.82. The van der Waals surface area contributed by atoms with Gasteiger partial charge in [-0.25, -0.2) is 0 Å². The number of carboxylic acid groups (broad SMARTS) is 4. The molecule has 0 fully saturated rings. The van der Waals surface area contributed by atoms with Crippen LogP contribution in [0.25, 0.3) is 0 Å². The fourth-order valence-corrected chi connectivity index (χ4v) is 0.928. The van der Waals surface area contributed by atoms with E-state index in [0.717, 1.165) is 0 Å². The molecule has 0 aromatic carbocycles. The Morgan fingerprint density at radius 1 is 0.719 bits per heavy atom. The number of nitrogens with two attached hydrogens (primary N) is 6. The van der Waals surface area contributed by atoms with E-state index in [-0.39, 0.29) is 11.9 Å². The molecule has 0 radical (unpaired) electrons. The first kappa shape index (κ1) is 36.4. The Balaban J connectivity index is -0.000000172. The van der Waals surface area contributed by atoms with Crippen molar-refractivity contribution in [3.8, 4) is 0 Å². The molecule has 32 heavy (non-hydrogen) atoms. The molecule has 0 aliphatic rings. The van der Waals surface area contributed by atoms with Gasteiger partial charge in [-0.05, 0) is 32.6 Å². The first-order chi connectivity index (χ1) is 14.4. The molecular formula is C17H39N7O8. The van der Waals surface area contributed by atoms with Crippen molar-refractivity contribution in [2.75, 3.05) is 6.54 Å². The number of aliphatic carboxylic acids is 4. The van der Waals surface area contributed by atoms with Gasteiger partial charge < -0.3 is 54.8 Å². The van der Waals surface area contributed by atoms with Gasteiger partial charge in [-0.1, -0.05) is 13.8 Å². The van der Waals surface area contributed by atoms with Crippen LogP contribution in [-0.4, -0.2) is 81.0 Å². The summed E-state index contributed by atoms with van der Waals surface area (Å²) in [7, 11) is 0. The molecule has 0 aromatic heterocycles. The third kappa shape index (κ3) is 31.7. The molecule has 0 rings (SSSR count). The van der Waals surface area contributed by atoms with Crippen LogP contribution < -0.4 is 34.4 Å². The molecule has 0 amide bonds. The van der Waals surface area contributed by atoms with Crippen LogP contribution in [0.2, 0.25) is 0 Å². The number of aliphatic imine (C=N–C) groups is 1. The predicted molar refractivity (Wildman–Crippen MR) is 119 cm³/mol. The molecule has 0 aromatic rings. The Morgan fingerprint density at radius 3 is 1.22 bits per heavy atom. The zero-order chi connectivity index (χ0) is 26.6. The van der Waals surface area contributed by atoms with Gasteiger partial charge in [-0.3, -0.25) is 24.2 Å². The summed E-state index contributed by atoms with van der Waals surface area (Å²) in [6.45, 7) is 6.81. The Morgan fingerprint density at radius 2 is 1.06 bits per heavy atom. The van der Waals surface area contributed by atoms with Crippen molar-refractivity contribution in [1.82, 2.24) is 0 Å². The predicted octanol–water partition coefficient (Wildman–Crippen LogP) is -2.66. The maximum atomic E-state index is 10.2. The highest BCUT2D eigenvalue weighted by atomic mass is 16.4. The van der Waals surface area contributed by atoms with Gasteiger partial charge in [0.05, 0.1) is 0 Å². The molecule has 0 unspecified atom stereocenters. The number of hydrogen-bond acceptors (Lipinski definition) is 9. The van der Waals surface area contributed by atoms with Crippen LogP contribution in [0.15, 0.2) is 4.99 Å². The third-order valence-electron chi connectivity index (χ3n) is 3.07. The lowest BCUT2D eigenvalue weighted by atomic mass is 10.1. The highest BCUT2D eigenvalue weighted by Gasteiger charge is 2.14. The minimum absolute atomic E-state index is 0.0129. The summed E-state index contributed by atoms with van der Waals surface area (Å²) >= 11 is 0. The monoisotopic (exact) mass is 469 g/mol. The van der Waals surface area contributed by atoms with Crippen molar-refractivity contribution in [3.05, 3.63) is 0 Å². The topological polar surface area (TPSA) is 318 Å². The zero-order valence-electron chi connectivity index (χ0n) is 18.8. The molecule has 0 spiro atoms. The van der Waals surface area contributed by atoms with Gasteiger partial charge in [0.25, 0.3) is 0 Å². The SMILES string of the molecule is CC(C)[C@H](N)C(=O)O.C[C@H](N)C(=O)O.C[C@H](N)C(=O)O.NC(N)=NCCC[C@H](N)C(=O)O. The lowest BCUT2D eigenvalue weighted by molar-refractivity contribution is -0.140. The number of hydrogen-bond donors (Lipinski definition) is 10. The van der Waals surface area contributed by atoms with E-state index in [1.807, 2.05) is 0 Å². The molecule has 0 bridgehead atoms. The first-order valence-corrected chi connectivity index (χ1v) is 9.37. The molecule has 16 N–H and O–H groups in total.